The van der Waals surface area contributed by atoms with Gasteiger partial charge >= 0.3 is 6.03 Å². The summed E-state index contributed by atoms with van der Waals surface area (Å²) < 4.78 is 0. The highest BCUT2D eigenvalue weighted by molar-refractivity contribution is 5.75. The summed E-state index contributed by atoms with van der Waals surface area (Å²) in [4.78, 5) is 14.6. The molecule has 4 heteroatoms. The molecule has 0 radical (unpaired) electrons. The molecule has 1 unspecified atom stereocenters. The molecular weight excluding hydrogens is 264 g/mol. The van der Waals surface area contributed by atoms with E-state index in [1.165, 1.54) is 38.5 Å². The van der Waals surface area contributed by atoms with Crippen LogP contribution in [0, 0.1) is 23.7 Å². The molecule has 2 amide bonds. The van der Waals surface area contributed by atoms with Gasteiger partial charge in [-0.25, -0.2) is 4.79 Å². The van der Waals surface area contributed by atoms with E-state index in [0.717, 1.165) is 43.7 Å². The smallest absolute Gasteiger partial charge is 0.317 e. The van der Waals surface area contributed by atoms with Crippen LogP contribution < -0.4 is 5.32 Å². The first-order chi connectivity index (χ1) is 10.2. The maximum Gasteiger partial charge on any atom is 0.317 e. The average molecular weight is 292 g/mol. The van der Waals surface area contributed by atoms with Crippen LogP contribution in [0.1, 0.15) is 51.4 Å². The largest absolute Gasteiger partial charge is 0.396 e. The second-order valence-corrected chi connectivity index (χ2v) is 8.24. The molecule has 4 nitrogen and oxygen atoms in total. The van der Waals surface area contributed by atoms with Gasteiger partial charge in [-0.3, -0.25) is 0 Å². The maximum absolute atomic E-state index is 12.6. The van der Waals surface area contributed by atoms with E-state index in [2.05, 4.69) is 5.32 Å². The molecule has 5 rings (SSSR count). The SMILES string of the molecule is O=C(NC12CC3CC(CC(C3)C1)C2)N1CCC(CCO)C1. The average Bonchev–Trinajstić information content (AvgIpc) is 2.85. The number of likely N-dealkylation sites (tertiary alicyclic amines) is 1. The molecule has 1 saturated heterocycles. The molecule has 0 aromatic carbocycles. The Morgan fingerprint density at radius 2 is 1.76 bits per heavy atom. The first-order valence-electron chi connectivity index (χ1n) is 8.84. The Balaban J connectivity index is 1.39. The van der Waals surface area contributed by atoms with Crippen LogP contribution in [0.5, 0.6) is 0 Å². The molecule has 4 saturated carbocycles. The summed E-state index contributed by atoms with van der Waals surface area (Å²) in [6, 6.07) is 0.164. The Kier molecular flexibility index (Phi) is 3.40. The van der Waals surface area contributed by atoms with Crippen molar-refractivity contribution >= 4 is 6.03 Å². The van der Waals surface area contributed by atoms with Crippen LogP contribution in [-0.2, 0) is 0 Å². The van der Waals surface area contributed by atoms with E-state index in [9.17, 15) is 4.79 Å². The van der Waals surface area contributed by atoms with Gasteiger partial charge in [-0.05, 0) is 75.0 Å². The van der Waals surface area contributed by atoms with Crippen molar-refractivity contribution in [3.8, 4) is 0 Å². The molecule has 5 fully saturated rings. The number of urea groups is 1. The van der Waals surface area contributed by atoms with Crippen LogP contribution in [0.2, 0.25) is 0 Å². The van der Waals surface area contributed by atoms with Gasteiger partial charge in [-0.1, -0.05) is 0 Å². The summed E-state index contributed by atoms with van der Waals surface area (Å²) in [6.45, 7) is 1.94. The highest BCUT2D eigenvalue weighted by atomic mass is 16.3. The maximum atomic E-state index is 12.6. The van der Waals surface area contributed by atoms with Crippen molar-refractivity contribution in [2.75, 3.05) is 19.7 Å². The Morgan fingerprint density at radius 1 is 1.14 bits per heavy atom. The topological polar surface area (TPSA) is 52.6 Å². The fourth-order valence-corrected chi connectivity index (χ4v) is 6.00. The van der Waals surface area contributed by atoms with E-state index in [-0.39, 0.29) is 18.2 Å². The number of aliphatic hydroxyl groups is 1. The molecule has 4 bridgehead atoms. The summed E-state index contributed by atoms with van der Waals surface area (Å²) in [5, 5.41) is 12.5. The molecule has 2 N–H and O–H groups in total. The van der Waals surface area contributed by atoms with Crippen molar-refractivity contribution in [2.24, 2.45) is 23.7 Å². The van der Waals surface area contributed by atoms with Crippen LogP contribution in [0.25, 0.3) is 0 Å². The summed E-state index contributed by atoms with van der Waals surface area (Å²) in [5.74, 6) is 3.11. The van der Waals surface area contributed by atoms with Gasteiger partial charge in [0.25, 0.3) is 0 Å². The predicted octanol–water partition coefficient (Wildman–Crippen LogP) is 2.37. The number of hydrogen-bond acceptors (Lipinski definition) is 2. The van der Waals surface area contributed by atoms with Crippen LogP contribution in [0.15, 0.2) is 0 Å². The van der Waals surface area contributed by atoms with Gasteiger partial charge in [0.1, 0.15) is 0 Å². The number of nitrogens with one attached hydrogen (secondary N) is 1. The molecule has 1 aliphatic heterocycles. The van der Waals surface area contributed by atoms with Crippen LogP contribution in [-0.4, -0.2) is 41.3 Å². The molecule has 0 aromatic rings. The first kappa shape index (κ1) is 13.9. The van der Waals surface area contributed by atoms with Crippen molar-refractivity contribution < 1.29 is 9.90 Å². The van der Waals surface area contributed by atoms with Crippen molar-refractivity contribution in [1.82, 2.24) is 10.2 Å². The molecule has 0 spiro atoms. The molecule has 118 valence electrons. The standard InChI is InChI=1S/C17H28N2O2/c20-4-2-12-1-3-19(11-12)16(21)18-17-8-13-5-14(9-17)7-15(6-13)10-17/h12-15,20H,1-11H2,(H,18,21). The number of hydrogen-bond donors (Lipinski definition) is 2. The molecule has 1 heterocycles. The van der Waals surface area contributed by atoms with E-state index in [1.807, 2.05) is 4.90 Å². The van der Waals surface area contributed by atoms with Crippen molar-refractivity contribution in [1.29, 1.82) is 0 Å². The third-order valence-electron chi connectivity index (χ3n) is 6.52. The number of carbonyl (C=O) groups excluding carboxylic acids is 1. The molecule has 21 heavy (non-hydrogen) atoms. The lowest BCUT2D eigenvalue weighted by Gasteiger charge is -2.57. The fraction of sp³-hybridized carbons (Fsp3) is 0.941. The minimum absolute atomic E-state index is 0.126. The molecule has 5 aliphatic rings. The summed E-state index contributed by atoms with van der Waals surface area (Å²) >= 11 is 0. The Bertz CT molecular complexity index is 388. The predicted molar refractivity (Wildman–Crippen MR) is 80.8 cm³/mol. The lowest BCUT2D eigenvalue weighted by Crippen LogP contribution is -2.61. The second kappa shape index (κ2) is 5.15. The highest BCUT2D eigenvalue weighted by Gasteiger charge is 2.51. The molecule has 0 aromatic heterocycles. The monoisotopic (exact) mass is 292 g/mol. The summed E-state index contributed by atoms with van der Waals surface area (Å²) in [6.07, 6.45) is 9.79. The van der Waals surface area contributed by atoms with Gasteiger partial charge in [0.15, 0.2) is 0 Å². The third-order valence-corrected chi connectivity index (χ3v) is 6.52. The number of carbonyl (C=O) groups is 1. The third kappa shape index (κ3) is 2.56. The van der Waals surface area contributed by atoms with Crippen molar-refractivity contribution in [3.05, 3.63) is 0 Å². The first-order valence-corrected chi connectivity index (χ1v) is 8.84. The van der Waals surface area contributed by atoms with Crippen LogP contribution >= 0.6 is 0 Å². The number of rotatable bonds is 3. The van der Waals surface area contributed by atoms with Gasteiger partial charge in [0, 0.05) is 25.2 Å². The lowest BCUT2D eigenvalue weighted by molar-refractivity contribution is -0.0153. The van der Waals surface area contributed by atoms with Crippen molar-refractivity contribution in [3.63, 3.8) is 0 Å². The zero-order valence-electron chi connectivity index (χ0n) is 12.9. The van der Waals surface area contributed by atoms with E-state index in [1.54, 1.807) is 0 Å². The van der Waals surface area contributed by atoms with Crippen LogP contribution in [0.4, 0.5) is 4.79 Å². The van der Waals surface area contributed by atoms with Gasteiger partial charge in [-0.2, -0.15) is 0 Å². The van der Waals surface area contributed by atoms with Gasteiger partial charge in [0.2, 0.25) is 0 Å². The van der Waals surface area contributed by atoms with Gasteiger partial charge in [-0.15, -0.1) is 0 Å². The molecular formula is C17H28N2O2. The number of nitrogens with zero attached hydrogens (tertiary/aromatic N) is 1. The summed E-state index contributed by atoms with van der Waals surface area (Å²) in [7, 11) is 0. The molecule has 1 atom stereocenters. The normalized spacial score (nSPS) is 44.3. The van der Waals surface area contributed by atoms with Gasteiger partial charge < -0.3 is 15.3 Å². The minimum atomic E-state index is 0.126. The second-order valence-electron chi connectivity index (χ2n) is 8.24. The zero-order valence-corrected chi connectivity index (χ0v) is 12.9. The fourth-order valence-electron chi connectivity index (χ4n) is 6.00. The number of aliphatic hydroxyl groups excluding tert-OH is 1. The quantitative estimate of drug-likeness (QED) is 0.839. The molecule has 4 aliphatic carbocycles. The number of amides is 2. The van der Waals surface area contributed by atoms with Crippen LogP contribution in [0.3, 0.4) is 0 Å². The highest BCUT2D eigenvalue weighted by Crippen LogP contribution is 2.55. The summed E-state index contributed by atoms with van der Waals surface area (Å²) in [5.41, 5.74) is 0.126. The van der Waals surface area contributed by atoms with Crippen molar-refractivity contribution in [2.45, 2.75) is 56.9 Å². The van der Waals surface area contributed by atoms with E-state index < -0.39 is 0 Å². The Morgan fingerprint density at radius 3 is 2.33 bits per heavy atom. The Labute approximate surface area is 127 Å². The van der Waals surface area contributed by atoms with E-state index >= 15 is 0 Å². The zero-order chi connectivity index (χ0) is 14.4. The van der Waals surface area contributed by atoms with E-state index in [4.69, 9.17) is 5.11 Å². The lowest BCUT2D eigenvalue weighted by atomic mass is 9.53. The van der Waals surface area contributed by atoms with Gasteiger partial charge in [0.05, 0.1) is 0 Å². The minimum Gasteiger partial charge on any atom is -0.396 e. The Hall–Kier alpha value is -0.770. The van der Waals surface area contributed by atoms with E-state index in [0.29, 0.717) is 5.92 Å².